The Labute approximate surface area is 243 Å². The summed E-state index contributed by atoms with van der Waals surface area (Å²) in [7, 11) is 0. The van der Waals surface area contributed by atoms with Gasteiger partial charge in [-0.15, -0.1) is 0 Å². The van der Waals surface area contributed by atoms with E-state index in [0.717, 1.165) is 23.3 Å². The second-order valence-corrected chi connectivity index (χ2v) is 12.7. The van der Waals surface area contributed by atoms with Crippen LogP contribution < -0.4 is 9.64 Å². The summed E-state index contributed by atoms with van der Waals surface area (Å²) in [6.45, 7) is 2.40. The molecule has 6 rings (SSSR count). The van der Waals surface area contributed by atoms with Crippen molar-refractivity contribution in [2.75, 3.05) is 4.90 Å². The van der Waals surface area contributed by atoms with Crippen LogP contribution in [-0.2, 0) is 14.4 Å². The lowest BCUT2D eigenvalue weighted by Gasteiger charge is -2.37. The summed E-state index contributed by atoms with van der Waals surface area (Å²) in [5.74, 6) is 2.52. The van der Waals surface area contributed by atoms with E-state index in [-0.39, 0.29) is 23.7 Å². The minimum Gasteiger partial charge on any atom is -0.423 e. The van der Waals surface area contributed by atoms with Crippen molar-refractivity contribution in [2.45, 2.75) is 77.0 Å². The average Bonchev–Trinajstić information content (AvgIpc) is 3.27. The van der Waals surface area contributed by atoms with Gasteiger partial charge in [-0.25, -0.2) is 4.79 Å². The molecule has 2 unspecified atom stereocenters. The van der Waals surface area contributed by atoms with Gasteiger partial charge in [-0.2, -0.15) is 0 Å². The summed E-state index contributed by atoms with van der Waals surface area (Å²) in [5.41, 5.74) is 2.89. The molecule has 2 aromatic carbocycles. The molecule has 214 valence electrons. The number of ether oxygens (including phenoxy) is 1. The van der Waals surface area contributed by atoms with Gasteiger partial charge in [0, 0.05) is 6.08 Å². The number of benzene rings is 2. The molecule has 2 aromatic rings. The van der Waals surface area contributed by atoms with Crippen LogP contribution in [0.4, 0.5) is 5.69 Å². The van der Waals surface area contributed by atoms with Gasteiger partial charge in [0.15, 0.2) is 0 Å². The SMILES string of the molecule is CC1CCC(C2CCC(c3ccc(/C=C/C(=O)Oc4ccc(N5C(=O)C6CC=CCC6C5=O)cc4)cc3)CC2)CC1. The first-order chi connectivity index (χ1) is 20.0. The largest absolute Gasteiger partial charge is 0.423 e. The number of hydrogen-bond donors (Lipinski definition) is 0. The van der Waals surface area contributed by atoms with Crippen molar-refractivity contribution in [3.05, 3.63) is 77.9 Å². The van der Waals surface area contributed by atoms with Crippen molar-refractivity contribution >= 4 is 29.5 Å². The smallest absolute Gasteiger partial charge is 0.336 e. The van der Waals surface area contributed by atoms with E-state index in [1.807, 2.05) is 12.2 Å². The van der Waals surface area contributed by atoms with Gasteiger partial charge in [0.1, 0.15) is 5.75 Å². The quantitative estimate of drug-likeness (QED) is 0.121. The Morgan fingerprint density at radius 1 is 0.756 bits per heavy atom. The van der Waals surface area contributed by atoms with Crippen LogP contribution in [0.5, 0.6) is 5.75 Å². The van der Waals surface area contributed by atoms with E-state index < -0.39 is 5.97 Å². The Morgan fingerprint density at radius 3 is 1.90 bits per heavy atom. The zero-order valence-electron chi connectivity index (χ0n) is 24.0. The maximum atomic E-state index is 12.8. The van der Waals surface area contributed by atoms with Gasteiger partial charge in [0.2, 0.25) is 11.8 Å². The van der Waals surface area contributed by atoms with Crippen LogP contribution in [-0.4, -0.2) is 17.8 Å². The predicted octanol–water partition coefficient (Wildman–Crippen LogP) is 7.86. The minimum atomic E-state index is -0.470. The van der Waals surface area contributed by atoms with E-state index in [2.05, 4.69) is 31.2 Å². The number of hydrogen-bond acceptors (Lipinski definition) is 4. The van der Waals surface area contributed by atoms with E-state index in [1.54, 1.807) is 30.3 Å². The lowest BCUT2D eigenvalue weighted by Crippen LogP contribution is -2.30. The highest BCUT2D eigenvalue weighted by Gasteiger charge is 2.47. The van der Waals surface area contributed by atoms with Crippen LogP contribution in [0.15, 0.2) is 66.8 Å². The first-order valence-corrected chi connectivity index (χ1v) is 15.6. The molecule has 5 heteroatoms. The molecule has 0 N–H and O–H groups in total. The molecule has 2 amide bonds. The molecule has 1 saturated heterocycles. The number of allylic oxidation sites excluding steroid dienone is 2. The zero-order chi connectivity index (χ0) is 28.3. The summed E-state index contributed by atoms with van der Waals surface area (Å²) in [5, 5.41) is 0. The van der Waals surface area contributed by atoms with E-state index in [0.29, 0.717) is 30.2 Å². The van der Waals surface area contributed by atoms with Gasteiger partial charge in [-0.05, 0) is 117 Å². The summed E-state index contributed by atoms with van der Waals surface area (Å²) < 4.78 is 5.46. The standard InChI is InChI=1S/C36H41NO4/c1-24-6-11-26(12-7-24)28-15-17-29(18-16-28)27-13-8-25(9-14-27)10-23-34(38)41-31-21-19-30(20-22-31)37-35(39)32-4-2-3-5-33(32)36(37)40/h2-3,8-10,13-14,19-24,26,28-29,32-33H,4-7,11-12,15-18H2,1H3/b23-10+. The Kier molecular flexibility index (Phi) is 8.23. The summed E-state index contributed by atoms with van der Waals surface area (Å²) in [4.78, 5) is 39.3. The maximum absolute atomic E-state index is 12.8. The van der Waals surface area contributed by atoms with Crippen LogP contribution in [0.25, 0.3) is 6.08 Å². The molecular weight excluding hydrogens is 510 g/mol. The zero-order valence-corrected chi connectivity index (χ0v) is 24.0. The normalized spacial score (nSPS) is 30.0. The number of fused-ring (bicyclic) bond motifs is 1. The lowest BCUT2D eigenvalue weighted by atomic mass is 9.68. The molecule has 5 nitrogen and oxygen atoms in total. The van der Waals surface area contributed by atoms with E-state index in [4.69, 9.17) is 4.74 Å². The van der Waals surface area contributed by atoms with Crippen LogP contribution in [0.3, 0.4) is 0 Å². The van der Waals surface area contributed by atoms with E-state index in [9.17, 15) is 14.4 Å². The molecule has 2 saturated carbocycles. The number of carbonyl (C=O) groups is 3. The topological polar surface area (TPSA) is 63.7 Å². The molecule has 0 radical (unpaired) electrons. The van der Waals surface area contributed by atoms with E-state index >= 15 is 0 Å². The number of carbonyl (C=O) groups excluding carboxylic acids is 3. The summed E-state index contributed by atoms with van der Waals surface area (Å²) in [6.07, 6.45) is 19.4. The predicted molar refractivity (Wildman–Crippen MR) is 161 cm³/mol. The van der Waals surface area contributed by atoms with Crippen molar-refractivity contribution in [2.24, 2.45) is 29.6 Å². The fourth-order valence-corrected chi connectivity index (χ4v) is 7.59. The molecular formula is C36H41NO4. The van der Waals surface area contributed by atoms with Gasteiger partial charge >= 0.3 is 5.97 Å². The van der Waals surface area contributed by atoms with Crippen molar-refractivity contribution in [3.8, 4) is 5.75 Å². The molecule has 41 heavy (non-hydrogen) atoms. The number of imide groups is 1. The van der Waals surface area contributed by atoms with Gasteiger partial charge in [0.25, 0.3) is 0 Å². The molecule has 0 spiro atoms. The highest BCUT2D eigenvalue weighted by Crippen LogP contribution is 2.44. The first kappa shape index (κ1) is 27.7. The van der Waals surface area contributed by atoms with E-state index in [1.165, 1.54) is 67.9 Å². The maximum Gasteiger partial charge on any atom is 0.336 e. The Balaban J connectivity index is 0.987. The number of anilines is 1. The van der Waals surface area contributed by atoms with Gasteiger partial charge in [0.05, 0.1) is 17.5 Å². The van der Waals surface area contributed by atoms with Crippen LogP contribution in [0.1, 0.15) is 88.2 Å². The molecule has 3 fully saturated rings. The molecule has 3 aliphatic carbocycles. The fraction of sp³-hybridized carbons (Fsp3) is 0.472. The van der Waals surface area contributed by atoms with Crippen molar-refractivity contribution in [1.82, 2.24) is 0 Å². The molecule has 4 aliphatic rings. The third-order valence-electron chi connectivity index (χ3n) is 10.1. The lowest BCUT2D eigenvalue weighted by molar-refractivity contribution is -0.129. The van der Waals surface area contributed by atoms with Crippen LogP contribution in [0.2, 0.25) is 0 Å². The first-order valence-electron chi connectivity index (χ1n) is 15.6. The Bertz CT molecular complexity index is 1280. The molecule has 2 atom stereocenters. The average molecular weight is 552 g/mol. The number of amides is 2. The Hall–Kier alpha value is -3.47. The minimum absolute atomic E-state index is 0.148. The third kappa shape index (κ3) is 6.10. The molecule has 1 aliphatic heterocycles. The third-order valence-corrected chi connectivity index (χ3v) is 10.1. The van der Waals surface area contributed by atoms with Crippen LogP contribution >= 0.6 is 0 Å². The van der Waals surface area contributed by atoms with Crippen molar-refractivity contribution in [1.29, 1.82) is 0 Å². The number of rotatable bonds is 6. The summed E-state index contributed by atoms with van der Waals surface area (Å²) in [6, 6.07) is 15.2. The van der Waals surface area contributed by atoms with Gasteiger partial charge in [-0.3, -0.25) is 14.5 Å². The molecule has 0 bridgehead atoms. The second-order valence-electron chi connectivity index (χ2n) is 12.7. The van der Waals surface area contributed by atoms with Gasteiger partial charge in [-0.1, -0.05) is 56.2 Å². The Morgan fingerprint density at radius 2 is 1.32 bits per heavy atom. The summed E-state index contributed by atoms with van der Waals surface area (Å²) >= 11 is 0. The van der Waals surface area contributed by atoms with Crippen LogP contribution in [0, 0.1) is 29.6 Å². The fourth-order valence-electron chi connectivity index (χ4n) is 7.59. The van der Waals surface area contributed by atoms with Crippen molar-refractivity contribution < 1.29 is 19.1 Å². The highest BCUT2D eigenvalue weighted by molar-refractivity contribution is 6.22. The van der Waals surface area contributed by atoms with Crippen molar-refractivity contribution in [3.63, 3.8) is 0 Å². The second kappa shape index (κ2) is 12.2. The van der Waals surface area contributed by atoms with Gasteiger partial charge < -0.3 is 4.74 Å². The monoisotopic (exact) mass is 551 g/mol. The number of nitrogens with zero attached hydrogens (tertiary/aromatic N) is 1. The molecule has 1 heterocycles. The number of esters is 1. The highest BCUT2D eigenvalue weighted by atomic mass is 16.5. The molecule has 0 aromatic heterocycles.